The fraction of sp³-hybridized carbons (Fsp3) is 0.348. The van der Waals surface area contributed by atoms with Gasteiger partial charge in [-0.2, -0.15) is 4.98 Å². The van der Waals surface area contributed by atoms with E-state index in [4.69, 9.17) is 20.9 Å². The van der Waals surface area contributed by atoms with Crippen LogP contribution in [-0.4, -0.2) is 53.8 Å². The Labute approximate surface area is 186 Å². The van der Waals surface area contributed by atoms with Crippen molar-refractivity contribution in [3.8, 4) is 11.4 Å². The Morgan fingerprint density at radius 3 is 2.61 bits per heavy atom. The maximum Gasteiger partial charge on any atom is 0.227 e. The third-order valence-corrected chi connectivity index (χ3v) is 5.65. The molecule has 0 radical (unpaired) electrons. The van der Waals surface area contributed by atoms with Crippen molar-refractivity contribution in [3.63, 3.8) is 0 Å². The zero-order valence-corrected chi connectivity index (χ0v) is 17.9. The van der Waals surface area contributed by atoms with Gasteiger partial charge in [-0.25, -0.2) is 0 Å². The molecule has 1 amide bonds. The van der Waals surface area contributed by atoms with E-state index < -0.39 is 0 Å². The SMILES string of the molecule is O=C(CCc1nc(-c2ccccc2)no1)NCC(c1ccccc1Cl)N1CCOCC1. The number of nitrogens with zero attached hydrogens (tertiary/aromatic N) is 3. The van der Waals surface area contributed by atoms with Gasteiger partial charge in [0, 0.05) is 43.1 Å². The second-order valence-corrected chi connectivity index (χ2v) is 7.77. The second-order valence-electron chi connectivity index (χ2n) is 7.37. The summed E-state index contributed by atoms with van der Waals surface area (Å²) in [7, 11) is 0. The van der Waals surface area contributed by atoms with Crippen LogP contribution >= 0.6 is 11.6 Å². The molecule has 1 unspecified atom stereocenters. The molecule has 2 heterocycles. The normalized spacial score (nSPS) is 15.5. The highest BCUT2D eigenvalue weighted by Crippen LogP contribution is 2.27. The quantitative estimate of drug-likeness (QED) is 0.577. The smallest absolute Gasteiger partial charge is 0.227 e. The van der Waals surface area contributed by atoms with Gasteiger partial charge < -0.3 is 14.6 Å². The molecule has 1 aromatic heterocycles. The number of aromatic nitrogens is 2. The van der Waals surface area contributed by atoms with Crippen LogP contribution in [0.5, 0.6) is 0 Å². The van der Waals surface area contributed by atoms with E-state index in [0.717, 1.165) is 24.2 Å². The van der Waals surface area contributed by atoms with Crippen LogP contribution in [0.4, 0.5) is 0 Å². The Hall–Kier alpha value is -2.74. The van der Waals surface area contributed by atoms with Gasteiger partial charge >= 0.3 is 0 Å². The molecule has 4 rings (SSSR count). The predicted octanol–water partition coefficient (Wildman–Crippen LogP) is 3.51. The standard InChI is InChI=1S/C23H25ClN4O3/c24-19-9-5-4-8-18(19)20(28-12-14-30-15-13-28)16-25-21(29)10-11-22-26-23(27-31-22)17-6-2-1-3-7-17/h1-9,20H,10-16H2,(H,25,29). The number of hydrogen-bond donors (Lipinski definition) is 1. The van der Waals surface area contributed by atoms with Crippen LogP contribution in [-0.2, 0) is 16.0 Å². The molecule has 0 bridgehead atoms. The summed E-state index contributed by atoms with van der Waals surface area (Å²) in [5.74, 6) is 0.914. The fourth-order valence-electron chi connectivity index (χ4n) is 3.65. The maximum absolute atomic E-state index is 12.5. The number of ether oxygens (including phenoxy) is 1. The van der Waals surface area contributed by atoms with Gasteiger partial charge in [0.2, 0.25) is 17.6 Å². The van der Waals surface area contributed by atoms with E-state index in [2.05, 4.69) is 20.4 Å². The van der Waals surface area contributed by atoms with Crippen LogP contribution in [0.25, 0.3) is 11.4 Å². The molecule has 2 aromatic carbocycles. The van der Waals surface area contributed by atoms with Gasteiger partial charge in [-0.3, -0.25) is 9.69 Å². The summed E-state index contributed by atoms with van der Waals surface area (Å²) in [6.45, 7) is 3.43. The predicted molar refractivity (Wildman–Crippen MR) is 118 cm³/mol. The summed E-state index contributed by atoms with van der Waals surface area (Å²) in [4.78, 5) is 19.2. The lowest BCUT2D eigenvalue weighted by Crippen LogP contribution is -2.44. The molecule has 1 aliphatic rings. The van der Waals surface area contributed by atoms with Crippen molar-refractivity contribution in [2.24, 2.45) is 0 Å². The zero-order valence-electron chi connectivity index (χ0n) is 17.2. The third kappa shape index (κ3) is 5.70. The topological polar surface area (TPSA) is 80.5 Å². The highest BCUT2D eigenvalue weighted by atomic mass is 35.5. The Balaban J connectivity index is 1.34. The van der Waals surface area contributed by atoms with E-state index in [1.165, 1.54) is 0 Å². The van der Waals surface area contributed by atoms with Gasteiger partial charge in [0.05, 0.1) is 19.3 Å². The van der Waals surface area contributed by atoms with Crippen molar-refractivity contribution in [3.05, 3.63) is 71.1 Å². The molecule has 0 saturated carbocycles. The van der Waals surface area contributed by atoms with E-state index in [-0.39, 0.29) is 18.4 Å². The van der Waals surface area contributed by atoms with Crippen molar-refractivity contribution in [2.45, 2.75) is 18.9 Å². The van der Waals surface area contributed by atoms with Gasteiger partial charge in [-0.15, -0.1) is 0 Å². The van der Waals surface area contributed by atoms with E-state index in [9.17, 15) is 4.79 Å². The average Bonchev–Trinajstić information content (AvgIpc) is 3.29. The van der Waals surface area contributed by atoms with Crippen molar-refractivity contribution in [2.75, 3.05) is 32.8 Å². The molecule has 7 nitrogen and oxygen atoms in total. The maximum atomic E-state index is 12.5. The molecule has 8 heteroatoms. The van der Waals surface area contributed by atoms with Crippen molar-refractivity contribution in [1.82, 2.24) is 20.4 Å². The first-order chi connectivity index (χ1) is 15.2. The van der Waals surface area contributed by atoms with Crippen LogP contribution in [0.15, 0.2) is 59.1 Å². The number of nitrogens with one attached hydrogen (secondary N) is 1. The molecule has 1 saturated heterocycles. The number of hydrogen-bond acceptors (Lipinski definition) is 6. The molecule has 31 heavy (non-hydrogen) atoms. The Morgan fingerprint density at radius 2 is 1.84 bits per heavy atom. The van der Waals surface area contributed by atoms with E-state index in [1.807, 2.05) is 54.6 Å². The highest BCUT2D eigenvalue weighted by molar-refractivity contribution is 6.31. The van der Waals surface area contributed by atoms with E-state index in [1.54, 1.807) is 0 Å². The summed E-state index contributed by atoms with van der Waals surface area (Å²) in [6, 6.07) is 17.4. The molecular formula is C23H25ClN4O3. The first kappa shape index (κ1) is 21.5. The second kappa shape index (κ2) is 10.5. The monoisotopic (exact) mass is 440 g/mol. The van der Waals surface area contributed by atoms with Crippen LogP contribution in [0.1, 0.15) is 23.9 Å². The lowest BCUT2D eigenvalue weighted by molar-refractivity contribution is -0.121. The number of halogens is 1. The van der Waals surface area contributed by atoms with Gasteiger partial charge in [-0.1, -0.05) is 65.3 Å². The van der Waals surface area contributed by atoms with E-state index in [0.29, 0.717) is 42.9 Å². The van der Waals surface area contributed by atoms with Crippen molar-refractivity contribution >= 4 is 17.5 Å². The third-order valence-electron chi connectivity index (χ3n) is 5.31. The molecular weight excluding hydrogens is 416 g/mol. The minimum atomic E-state index is -0.0650. The molecule has 1 fully saturated rings. The van der Waals surface area contributed by atoms with Crippen LogP contribution in [0.3, 0.4) is 0 Å². The summed E-state index contributed by atoms with van der Waals surface area (Å²) in [5, 5.41) is 7.74. The number of amides is 1. The summed E-state index contributed by atoms with van der Waals surface area (Å²) in [6.07, 6.45) is 0.661. The highest BCUT2D eigenvalue weighted by Gasteiger charge is 2.25. The van der Waals surface area contributed by atoms with Gasteiger partial charge in [0.1, 0.15) is 0 Å². The first-order valence-corrected chi connectivity index (χ1v) is 10.8. The average molecular weight is 441 g/mol. The fourth-order valence-corrected chi connectivity index (χ4v) is 3.91. The summed E-state index contributed by atoms with van der Waals surface area (Å²) >= 11 is 6.45. The number of benzene rings is 2. The Bertz CT molecular complexity index is 989. The van der Waals surface area contributed by atoms with Crippen molar-refractivity contribution in [1.29, 1.82) is 0 Å². The largest absolute Gasteiger partial charge is 0.379 e. The number of carbonyl (C=O) groups is 1. The molecule has 0 aliphatic carbocycles. The number of aryl methyl sites for hydroxylation is 1. The Kier molecular flexibility index (Phi) is 7.30. The molecule has 0 spiro atoms. The summed E-state index contributed by atoms with van der Waals surface area (Å²) < 4.78 is 10.8. The minimum absolute atomic E-state index is 0.00497. The van der Waals surface area contributed by atoms with Gasteiger partial charge in [0.15, 0.2) is 0 Å². The summed E-state index contributed by atoms with van der Waals surface area (Å²) in [5.41, 5.74) is 1.89. The van der Waals surface area contributed by atoms with Crippen LogP contribution < -0.4 is 5.32 Å². The minimum Gasteiger partial charge on any atom is -0.379 e. The molecule has 1 N–H and O–H groups in total. The molecule has 3 aromatic rings. The van der Waals surface area contributed by atoms with Crippen molar-refractivity contribution < 1.29 is 14.1 Å². The molecule has 162 valence electrons. The number of morpholine rings is 1. The lowest BCUT2D eigenvalue weighted by Gasteiger charge is -2.35. The van der Waals surface area contributed by atoms with Gasteiger partial charge in [0.25, 0.3) is 0 Å². The zero-order chi connectivity index (χ0) is 21.5. The molecule has 1 aliphatic heterocycles. The number of carbonyl (C=O) groups excluding carboxylic acids is 1. The first-order valence-electron chi connectivity index (χ1n) is 10.4. The van der Waals surface area contributed by atoms with Crippen LogP contribution in [0, 0.1) is 0 Å². The van der Waals surface area contributed by atoms with E-state index >= 15 is 0 Å². The molecule has 1 atom stereocenters. The van der Waals surface area contributed by atoms with Crippen LogP contribution in [0.2, 0.25) is 5.02 Å². The lowest BCUT2D eigenvalue weighted by atomic mass is 10.0. The Morgan fingerprint density at radius 1 is 1.10 bits per heavy atom. The number of rotatable bonds is 8. The van der Waals surface area contributed by atoms with Gasteiger partial charge in [-0.05, 0) is 11.6 Å².